The third kappa shape index (κ3) is 3.11. The van der Waals surface area contributed by atoms with E-state index in [0.29, 0.717) is 0 Å². The molecule has 0 aliphatic heterocycles. The van der Waals surface area contributed by atoms with E-state index in [-0.39, 0.29) is 0 Å². The Morgan fingerprint density at radius 2 is 1.65 bits per heavy atom. The molecule has 20 heavy (non-hydrogen) atoms. The quantitative estimate of drug-likeness (QED) is 0.567. The Hall–Kier alpha value is -0.750. The summed E-state index contributed by atoms with van der Waals surface area (Å²) in [7, 11) is 0. The monoisotopic (exact) mass is 288 g/mol. The van der Waals surface area contributed by atoms with Crippen molar-refractivity contribution in [3.05, 3.63) is 47.0 Å². The Morgan fingerprint density at radius 1 is 0.950 bits per heavy atom. The molecule has 4 unspecified atom stereocenters. The average molecular weight is 289 g/mol. The fraction of sp³-hybridized carbons (Fsp3) is 0.579. The van der Waals surface area contributed by atoms with Crippen LogP contribution >= 0.6 is 11.6 Å². The van der Waals surface area contributed by atoms with E-state index in [4.69, 9.17) is 11.6 Å². The number of allylic oxidation sites excluding steroid dienone is 2. The Morgan fingerprint density at radius 3 is 2.40 bits per heavy atom. The highest BCUT2D eigenvalue weighted by molar-refractivity contribution is 6.30. The minimum Gasteiger partial charge on any atom is -0.0914 e. The van der Waals surface area contributed by atoms with E-state index in [1.165, 1.54) is 44.1 Å². The first-order chi connectivity index (χ1) is 9.76. The summed E-state index contributed by atoms with van der Waals surface area (Å²) in [5, 5.41) is 0.856. The van der Waals surface area contributed by atoms with Gasteiger partial charge in [0.25, 0.3) is 0 Å². The molecule has 2 aliphatic rings. The summed E-state index contributed by atoms with van der Waals surface area (Å²) in [6.07, 6.45) is 13.1. The summed E-state index contributed by atoms with van der Waals surface area (Å²) in [5.74, 6) is 3.57. The van der Waals surface area contributed by atoms with E-state index in [9.17, 15) is 0 Å². The maximum atomic E-state index is 6.00. The van der Waals surface area contributed by atoms with Gasteiger partial charge in [0.05, 0.1) is 0 Å². The Labute approximate surface area is 128 Å². The van der Waals surface area contributed by atoms with Crippen molar-refractivity contribution in [1.29, 1.82) is 0 Å². The molecule has 0 saturated heterocycles. The maximum Gasteiger partial charge on any atom is 0.0406 e. The van der Waals surface area contributed by atoms with Crippen molar-refractivity contribution in [2.24, 2.45) is 17.8 Å². The van der Waals surface area contributed by atoms with E-state index in [2.05, 4.69) is 31.2 Å². The van der Waals surface area contributed by atoms with Gasteiger partial charge in [0.2, 0.25) is 0 Å². The normalized spacial score (nSPS) is 34.1. The molecule has 0 N–H and O–H groups in total. The molecule has 0 nitrogen and oxygen atoms in total. The van der Waals surface area contributed by atoms with Crippen molar-refractivity contribution in [2.75, 3.05) is 0 Å². The molecule has 0 bridgehead atoms. The van der Waals surface area contributed by atoms with Gasteiger partial charge in [-0.1, -0.05) is 35.9 Å². The van der Waals surface area contributed by atoms with Crippen LogP contribution in [0.5, 0.6) is 0 Å². The third-order valence-electron chi connectivity index (χ3n) is 5.46. The Balaban J connectivity index is 1.64. The van der Waals surface area contributed by atoms with Crippen molar-refractivity contribution >= 4 is 11.6 Å². The SMILES string of the molecule is CC=CC1CCC2CC(c3ccc(Cl)cc3)CCC2C1. The van der Waals surface area contributed by atoms with Gasteiger partial charge >= 0.3 is 0 Å². The van der Waals surface area contributed by atoms with Crippen LogP contribution in [0.3, 0.4) is 0 Å². The number of hydrogen-bond acceptors (Lipinski definition) is 0. The van der Waals surface area contributed by atoms with Crippen molar-refractivity contribution in [3.8, 4) is 0 Å². The van der Waals surface area contributed by atoms with Crippen LogP contribution in [-0.4, -0.2) is 0 Å². The molecular weight excluding hydrogens is 264 g/mol. The third-order valence-corrected chi connectivity index (χ3v) is 5.71. The van der Waals surface area contributed by atoms with Gasteiger partial charge in [-0.15, -0.1) is 0 Å². The predicted octanol–water partition coefficient (Wildman–Crippen LogP) is 6.22. The van der Waals surface area contributed by atoms with Crippen LogP contribution in [0.4, 0.5) is 0 Å². The van der Waals surface area contributed by atoms with Crippen molar-refractivity contribution in [3.63, 3.8) is 0 Å². The van der Waals surface area contributed by atoms with E-state index in [0.717, 1.165) is 28.7 Å². The average Bonchev–Trinajstić information content (AvgIpc) is 2.48. The first-order valence-corrected chi connectivity index (χ1v) is 8.52. The second-order valence-corrected chi connectivity index (χ2v) is 7.12. The molecular formula is C19H25Cl. The Bertz CT molecular complexity index is 459. The highest BCUT2D eigenvalue weighted by atomic mass is 35.5. The topological polar surface area (TPSA) is 0 Å². The lowest BCUT2D eigenvalue weighted by atomic mass is 9.64. The molecule has 1 aromatic carbocycles. The van der Waals surface area contributed by atoms with Crippen LogP contribution in [0.1, 0.15) is 56.9 Å². The van der Waals surface area contributed by atoms with Crippen LogP contribution in [0.15, 0.2) is 36.4 Å². The molecule has 4 atom stereocenters. The van der Waals surface area contributed by atoms with Gasteiger partial charge in [0, 0.05) is 5.02 Å². The molecule has 0 heterocycles. The lowest BCUT2D eigenvalue weighted by Crippen LogP contribution is -2.29. The summed E-state index contributed by atoms with van der Waals surface area (Å²) in [5.41, 5.74) is 1.50. The van der Waals surface area contributed by atoms with E-state index < -0.39 is 0 Å². The Kier molecular flexibility index (Phi) is 4.51. The molecule has 0 spiro atoms. The van der Waals surface area contributed by atoms with Gasteiger partial charge in [0.15, 0.2) is 0 Å². The van der Waals surface area contributed by atoms with Crippen molar-refractivity contribution < 1.29 is 0 Å². The van der Waals surface area contributed by atoms with Gasteiger partial charge < -0.3 is 0 Å². The summed E-state index contributed by atoms with van der Waals surface area (Å²) >= 11 is 6.00. The fourth-order valence-corrected chi connectivity index (χ4v) is 4.54. The summed E-state index contributed by atoms with van der Waals surface area (Å²) in [6, 6.07) is 8.56. The van der Waals surface area contributed by atoms with Crippen molar-refractivity contribution in [2.45, 2.75) is 51.4 Å². The number of halogens is 1. The lowest BCUT2D eigenvalue weighted by Gasteiger charge is -2.41. The van der Waals surface area contributed by atoms with E-state index >= 15 is 0 Å². The molecule has 3 rings (SSSR count). The van der Waals surface area contributed by atoms with Crippen LogP contribution in [0.25, 0.3) is 0 Å². The lowest BCUT2D eigenvalue weighted by molar-refractivity contribution is 0.133. The zero-order valence-corrected chi connectivity index (χ0v) is 13.2. The summed E-state index contributed by atoms with van der Waals surface area (Å²) in [4.78, 5) is 0. The number of benzene rings is 1. The molecule has 108 valence electrons. The van der Waals surface area contributed by atoms with Crippen LogP contribution in [0, 0.1) is 17.8 Å². The molecule has 1 aromatic rings. The van der Waals surface area contributed by atoms with Gasteiger partial charge in [-0.2, -0.15) is 0 Å². The summed E-state index contributed by atoms with van der Waals surface area (Å²) < 4.78 is 0. The van der Waals surface area contributed by atoms with Gasteiger partial charge in [-0.25, -0.2) is 0 Å². The predicted molar refractivity (Wildman–Crippen MR) is 87.2 cm³/mol. The molecule has 2 aliphatic carbocycles. The molecule has 2 saturated carbocycles. The smallest absolute Gasteiger partial charge is 0.0406 e. The first kappa shape index (κ1) is 14.2. The first-order valence-electron chi connectivity index (χ1n) is 8.14. The van der Waals surface area contributed by atoms with Gasteiger partial charge in [-0.05, 0) is 86.8 Å². The largest absolute Gasteiger partial charge is 0.0914 e. The molecule has 1 heteroatoms. The maximum absolute atomic E-state index is 6.00. The second kappa shape index (κ2) is 6.35. The van der Waals surface area contributed by atoms with E-state index in [1.54, 1.807) is 0 Å². The zero-order chi connectivity index (χ0) is 13.9. The minimum absolute atomic E-state index is 0.770. The molecule has 0 amide bonds. The highest BCUT2D eigenvalue weighted by Gasteiger charge is 2.35. The molecule has 0 aromatic heterocycles. The zero-order valence-electron chi connectivity index (χ0n) is 12.4. The second-order valence-electron chi connectivity index (χ2n) is 6.68. The molecule has 2 fully saturated rings. The van der Waals surface area contributed by atoms with Gasteiger partial charge in [0.1, 0.15) is 0 Å². The number of fused-ring (bicyclic) bond motifs is 1. The number of hydrogen-bond donors (Lipinski definition) is 0. The van der Waals surface area contributed by atoms with E-state index in [1.807, 2.05) is 12.1 Å². The van der Waals surface area contributed by atoms with Gasteiger partial charge in [-0.3, -0.25) is 0 Å². The summed E-state index contributed by atoms with van der Waals surface area (Å²) in [6.45, 7) is 2.16. The molecule has 0 radical (unpaired) electrons. The standard InChI is InChI=1S/C19H25Cl/c1-2-3-14-4-5-18-13-17(7-6-16(18)12-14)15-8-10-19(20)11-9-15/h2-3,8-11,14,16-18H,4-7,12-13H2,1H3. The van der Waals surface area contributed by atoms with Crippen molar-refractivity contribution in [1.82, 2.24) is 0 Å². The number of rotatable bonds is 2. The van der Waals surface area contributed by atoms with Crippen LogP contribution in [-0.2, 0) is 0 Å². The van der Waals surface area contributed by atoms with Crippen LogP contribution in [0.2, 0.25) is 5.02 Å². The minimum atomic E-state index is 0.770. The fourth-order valence-electron chi connectivity index (χ4n) is 4.41. The van der Waals surface area contributed by atoms with Crippen LogP contribution < -0.4 is 0 Å². The highest BCUT2D eigenvalue weighted by Crippen LogP contribution is 2.47.